The molecule has 78 valence electrons. The van der Waals surface area contributed by atoms with Gasteiger partial charge in [-0.3, -0.25) is 4.79 Å². The summed E-state index contributed by atoms with van der Waals surface area (Å²) in [6.07, 6.45) is 2.35. The van der Waals surface area contributed by atoms with E-state index in [4.69, 9.17) is 0 Å². The summed E-state index contributed by atoms with van der Waals surface area (Å²) in [6.45, 7) is 6.21. The first-order valence-electron chi connectivity index (χ1n) is 5.04. The molecule has 3 heteroatoms. The van der Waals surface area contributed by atoms with Gasteiger partial charge in [0.15, 0.2) is 0 Å². The highest BCUT2D eigenvalue weighted by Crippen LogP contribution is 2.22. The van der Waals surface area contributed by atoms with Crippen molar-refractivity contribution in [3.05, 3.63) is 0 Å². The first kappa shape index (κ1) is 11.6. The van der Waals surface area contributed by atoms with Gasteiger partial charge in [-0.1, -0.05) is 13.8 Å². The lowest BCUT2D eigenvalue weighted by atomic mass is 9.97. The number of hydrogen-bond acceptors (Lipinski definition) is 1. The van der Waals surface area contributed by atoms with Crippen molar-refractivity contribution in [1.29, 1.82) is 0 Å². The van der Waals surface area contributed by atoms with Gasteiger partial charge in [-0.15, -0.1) is 0 Å². The zero-order valence-corrected chi connectivity index (χ0v) is 10.3. The van der Waals surface area contributed by atoms with E-state index in [1.807, 2.05) is 4.90 Å². The lowest BCUT2D eigenvalue weighted by Crippen LogP contribution is -2.27. The third-order valence-electron chi connectivity index (χ3n) is 2.53. The highest BCUT2D eigenvalue weighted by Gasteiger charge is 2.25. The van der Waals surface area contributed by atoms with Crippen molar-refractivity contribution in [3.63, 3.8) is 0 Å². The van der Waals surface area contributed by atoms with Gasteiger partial charge in [-0.05, 0) is 29.5 Å². The molecule has 0 radical (unpaired) electrons. The van der Waals surface area contributed by atoms with E-state index in [0.717, 1.165) is 25.4 Å². The van der Waals surface area contributed by atoms with Crippen LogP contribution in [0.5, 0.6) is 0 Å². The molecule has 1 unspecified atom stereocenters. The maximum atomic E-state index is 11.4. The van der Waals surface area contributed by atoms with E-state index in [1.54, 1.807) is 0 Å². The van der Waals surface area contributed by atoms with Crippen LogP contribution in [0.2, 0.25) is 0 Å². The lowest BCUT2D eigenvalue weighted by molar-refractivity contribution is -0.124. The van der Waals surface area contributed by atoms with Crippen LogP contribution in [0.1, 0.15) is 26.7 Å². The largest absolute Gasteiger partial charge is 0.332 e. The van der Waals surface area contributed by atoms with Crippen molar-refractivity contribution in [2.24, 2.45) is 11.8 Å². The van der Waals surface area contributed by atoms with E-state index in [1.165, 1.54) is 6.42 Å². The molecule has 1 heterocycles. The van der Waals surface area contributed by atoms with Gasteiger partial charge in [-0.2, -0.15) is 0 Å². The van der Waals surface area contributed by atoms with Crippen molar-refractivity contribution in [2.45, 2.75) is 26.7 Å². The molecule has 1 aliphatic heterocycles. The molecule has 0 aromatic carbocycles. The minimum Gasteiger partial charge on any atom is -0.332 e. The Labute approximate surface area is 94.2 Å². The highest BCUT2D eigenvalue weighted by atomic mass is 79.9. The number of likely N-dealkylation sites (tertiary alicyclic amines) is 1. The van der Waals surface area contributed by atoms with Crippen LogP contribution in [0.25, 0.3) is 0 Å². The Balaban J connectivity index is 2.39. The van der Waals surface area contributed by atoms with Crippen LogP contribution in [-0.2, 0) is 4.79 Å². The fourth-order valence-corrected chi connectivity index (χ4v) is 2.17. The van der Waals surface area contributed by atoms with Crippen molar-refractivity contribution < 1.29 is 4.79 Å². The summed E-state index contributed by atoms with van der Waals surface area (Å²) in [5, 5.41) is 0. The average molecular weight is 258 g/mol. The summed E-state index contributed by atoms with van der Waals surface area (Å²) in [5.74, 6) is 3.86. The van der Waals surface area contributed by atoms with E-state index in [-0.39, 0.29) is 5.91 Å². The fourth-order valence-electron chi connectivity index (χ4n) is 2.00. The van der Waals surface area contributed by atoms with E-state index in [2.05, 4.69) is 40.5 Å². The van der Waals surface area contributed by atoms with Crippen molar-refractivity contribution in [2.75, 3.05) is 13.1 Å². The summed E-state index contributed by atoms with van der Waals surface area (Å²) in [5.41, 5.74) is 0. The van der Waals surface area contributed by atoms with Gasteiger partial charge in [0.2, 0.25) is 0 Å². The molecule has 1 atom stereocenters. The van der Waals surface area contributed by atoms with Gasteiger partial charge in [-0.25, -0.2) is 0 Å². The summed E-state index contributed by atoms with van der Waals surface area (Å²) in [6, 6.07) is 0. The van der Waals surface area contributed by atoms with Crippen LogP contribution in [0.3, 0.4) is 0 Å². The molecule has 1 aliphatic rings. The third kappa shape index (κ3) is 3.34. The minimum atomic E-state index is -0.0480. The second kappa shape index (κ2) is 5.41. The first-order chi connectivity index (χ1) is 6.63. The van der Waals surface area contributed by atoms with Gasteiger partial charge in [0, 0.05) is 34.9 Å². The Hall–Kier alpha value is -0.490. The van der Waals surface area contributed by atoms with E-state index in [9.17, 15) is 4.79 Å². The summed E-state index contributed by atoms with van der Waals surface area (Å²) < 4.78 is 0. The average Bonchev–Trinajstić information content (AvgIpc) is 2.52. The lowest BCUT2D eigenvalue weighted by Gasteiger charge is -2.14. The number of carbonyl (C=O) groups excluding carboxylic acids is 1. The number of hydrogen-bond donors (Lipinski definition) is 0. The maximum Gasteiger partial charge on any atom is 0.299 e. The molecule has 0 aromatic rings. The number of amides is 1. The number of nitrogens with zero attached hydrogens (tertiary/aromatic N) is 1. The van der Waals surface area contributed by atoms with E-state index in [0.29, 0.717) is 5.92 Å². The Bertz CT molecular complexity index is 264. The predicted molar refractivity (Wildman–Crippen MR) is 60.8 cm³/mol. The summed E-state index contributed by atoms with van der Waals surface area (Å²) in [7, 11) is 0. The van der Waals surface area contributed by atoms with Crippen LogP contribution in [0.15, 0.2) is 0 Å². The second-order valence-corrected chi connectivity index (χ2v) is 4.65. The van der Waals surface area contributed by atoms with Gasteiger partial charge >= 0.3 is 0 Å². The molecule has 0 spiro atoms. The van der Waals surface area contributed by atoms with Gasteiger partial charge in [0.1, 0.15) is 0 Å². The zero-order chi connectivity index (χ0) is 10.6. The molecule has 1 saturated heterocycles. The Morgan fingerprint density at radius 3 is 2.93 bits per heavy atom. The third-order valence-corrected chi connectivity index (χ3v) is 2.73. The molecule has 0 saturated carbocycles. The van der Waals surface area contributed by atoms with E-state index >= 15 is 0 Å². The first-order valence-corrected chi connectivity index (χ1v) is 5.83. The van der Waals surface area contributed by atoms with E-state index < -0.39 is 0 Å². The van der Waals surface area contributed by atoms with Crippen LogP contribution in [-0.4, -0.2) is 23.9 Å². The highest BCUT2D eigenvalue weighted by molar-refractivity contribution is 9.12. The molecule has 1 fully saturated rings. The number of carbonyl (C=O) groups is 1. The SMILES string of the molecule is CC(C)CC1CCN(C(=O)C#CBr)C1. The topological polar surface area (TPSA) is 20.3 Å². The van der Waals surface area contributed by atoms with Crippen LogP contribution < -0.4 is 0 Å². The number of halogens is 1. The molecule has 0 aromatic heterocycles. The predicted octanol–water partition coefficient (Wildman–Crippen LogP) is 2.24. The van der Waals surface area contributed by atoms with Crippen LogP contribution in [0, 0.1) is 22.6 Å². The molecule has 0 aliphatic carbocycles. The van der Waals surface area contributed by atoms with Gasteiger partial charge in [0.05, 0.1) is 0 Å². The van der Waals surface area contributed by atoms with Crippen LogP contribution >= 0.6 is 15.9 Å². The second-order valence-electron chi connectivity index (χ2n) is 4.25. The molecular formula is C11H16BrNO. The standard InChI is InChI=1S/C11H16BrNO/c1-9(2)7-10-4-6-13(8-10)11(14)3-5-12/h9-10H,4,6-8H2,1-2H3. The minimum absolute atomic E-state index is 0.0480. The quantitative estimate of drug-likeness (QED) is 0.695. The summed E-state index contributed by atoms with van der Waals surface area (Å²) >= 11 is 2.94. The van der Waals surface area contributed by atoms with Gasteiger partial charge < -0.3 is 4.90 Å². The zero-order valence-electron chi connectivity index (χ0n) is 8.72. The molecule has 0 bridgehead atoms. The fraction of sp³-hybridized carbons (Fsp3) is 0.727. The normalized spacial score (nSPS) is 20.9. The monoisotopic (exact) mass is 257 g/mol. The van der Waals surface area contributed by atoms with Crippen molar-refractivity contribution >= 4 is 21.8 Å². The molecule has 1 amide bonds. The van der Waals surface area contributed by atoms with Crippen LogP contribution in [0.4, 0.5) is 0 Å². The maximum absolute atomic E-state index is 11.4. The number of rotatable bonds is 2. The molecule has 2 nitrogen and oxygen atoms in total. The van der Waals surface area contributed by atoms with Crippen molar-refractivity contribution in [1.82, 2.24) is 4.90 Å². The molecular weight excluding hydrogens is 242 g/mol. The smallest absolute Gasteiger partial charge is 0.299 e. The molecule has 1 rings (SSSR count). The van der Waals surface area contributed by atoms with Gasteiger partial charge in [0.25, 0.3) is 5.91 Å². The van der Waals surface area contributed by atoms with Crippen molar-refractivity contribution in [3.8, 4) is 10.8 Å². The Kier molecular flexibility index (Phi) is 4.47. The summed E-state index contributed by atoms with van der Waals surface area (Å²) in [4.78, 5) is 15.7. The molecule has 0 N–H and O–H groups in total. The molecule has 14 heavy (non-hydrogen) atoms. The Morgan fingerprint density at radius 2 is 2.36 bits per heavy atom. The Morgan fingerprint density at radius 1 is 1.64 bits per heavy atom.